The van der Waals surface area contributed by atoms with Crippen LogP contribution in [0.25, 0.3) is 10.8 Å². The van der Waals surface area contributed by atoms with E-state index in [1.165, 1.54) is 10.8 Å². The summed E-state index contributed by atoms with van der Waals surface area (Å²) in [5.41, 5.74) is 0.674. The van der Waals surface area contributed by atoms with Gasteiger partial charge < -0.3 is 14.4 Å². The van der Waals surface area contributed by atoms with Gasteiger partial charge in [0.2, 0.25) is 0 Å². The van der Waals surface area contributed by atoms with E-state index < -0.39 is 5.60 Å². The van der Waals surface area contributed by atoms with Crippen LogP contribution in [0.2, 0.25) is 0 Å². The third-order valence-electron chi connectivity index (χ3n) is 5.22. The molecule has 0 saturated carbocycles. The zero-order valence-corrected chi connectivity index (χ0v) is 17.8. The van der Waals surface area contributed by atoms with E-state index in [9.17, 15) is 4.79 Å². The lowest BCUT2D eigenvalue weighted by Gasteiger charge is -2.43. The first kappa shape index (κ1) is 20.7. The normalized spacial score (nSPS) is 20.6. The minimum atomic E-state index is -0.489. The number of likely N-dealkylation sites (tertiary alicyclic amines) is 1. The van der Waals surface area contributed by atoms with Gasteiger partial charge >= 0.3 is 6.09 Å². The number of fused-ring (bicyclic) bond motifs is 1. The highest BCUT2D eigenvalue weighted by Gasteiger charge is 2.38. The van der Waals surface area contributed by atoms with Gasteiger partial charge in [-0.05, 0) is 61.9 Å². The predicted molar refractivity (Wildman–Crippen MR) is 113 cm³/mol. The number of rotatable bonds is 4. The molecule has 1 aliphatic rings. The largest absolute Gasteiger partial charge is 0.444 e. The molecule has 1 saturated heterocycles. The summed E-state index contributed by atoms with van der Waals surface area (Å²) in [4.78, 5) is 14.6. The SMILES string of the molecule is CC(C)C1C(OCc2ccc3ccccc3c2)CCCN1C(=O)OC(C)(C)C. The molecule has 1 heterocycles. The van der Waals surface area contributed by atoms with Crippen molar-refractivity contribution in [1.82, 2.24) is 4.90 Å². The Kier molecular flexibility index (Phi) is 6.29. The second-order valence-corrected chi connectivity index (χ2v) is 9.08. The van der Waals surface area contributed by atoms with Gasteiger partial charge in [0.05, 0.1) is 18.8 Å². The van der Waals surface area contributed by atoms with Gasteiger partial charge in [0.15, 0.2) is 0 Å². The predicted octanol–water partition coefficient (Wildman–Crippen LogP) is 5.78. The molecule has 28 heavy (non-hydrogen) atoms. The van der Waals surface area contributed by atoms with Crippen LogP contribution in [0.15, 0.2) is 42.5 Å². The maximum absolute atomic E-state index is 12.7. The zero-order valence-electron chi connectivity index (χ0n) is 17.8. The third kappa shape index (κ3) is 5.05. The molecule has 0 radical (unpaired) electrons. The highest BCUT2D eigenvalue weighted by atomic mass is 16.6. The molecular formula is C24H33NO3. The number of benzene rings is 2. The van der Waals surface area contributed by atoms with E-state index in [4.69, 9.17) is 9.47 Å². The molecule has 4 nitrogen and oxygen atoms in total. The molecule has 152 valence electrons. The fourth-order valence-electron chi connectivity index (χ4n) is 4.02. The van der Waals surface area contributed by atoms with Crippen molar-refractivity contribution >= 4 is 16.9 Å². The number of piperidine rings is 1. The molecule has 1 aliphatic heterocycles. The number of carbonyl (C=O) groups excluding carboxylic acids is 1. The standard InChI is InChI=1S/C24H33NO3/c1-17(2)22-21(11-8-14-25(22)23(26)28-24(3,4)5)27-16-18-12-13-19-9-6-7-10-20(19)15-18/h6-7,9-10,12-13,15,17,21-22H,8,11,14,16H2,1-5H3. The Morgan fingerprint density at radius 1 is 1.14 bits per heavy atom. The Labute approximate surface area is 168 Å². The van der Waals surface area contributed by atoms with Gasteiger partial charge in [0.25, 0.3) is 0 Å². The van der Waals surface area contributed by atoms with Crippen LogP contribution in [-0.4, -0.2) is 35.3 Å². The first-order chi connectivity index (χ1) is 13.2. The van der Waals surface area contributed by atoms with Crippen LogP contribution < -0.4 is 0 Å². The minimum Gasteiger partial charge on any atom is -0.444 e. The highest BCUT2D eigenvalue weighted by molar-refractivity contribution is 5.82. The van der Waals surface area contributed by atoms with Crippen LogP contribution in [0.5, 0.6) is 0 Å². The van der Waals surface area contributed by atoms with Crippen LogP contribution in [-0.2, 0) is 16.1 Å². The lowest BCUT2D eigenvalue weighted by Crippen LogP contribution is -2.55. The van der Waals surface area contributed by atoms with Crippen molar-refractivity contribution in [3.05, 3.63) is 48.0 Å². The van der Waals surface area contributed by atoms with Crippen molar-refractivity contribution in [2.75, 3.05) is 6.54 Å². The smallest absolute Gasteiger partial charge is 0.410 e. The van der Waals surface area contributed by atoms with Gasteiger partial charge in [-0.15, -0.1) is 0 Å². The van der Waals surface area contributed by atoms with Gasteiger partial charge in [-0.3, -0.25) is 0 Å². The Morgan fingerprint density at radius 3 is 2.54 bits per heavy atom. The second-order valence-electron chi connectivity index (χ2n) is 9.08. The number of ether oxygens (including phenoxy) is 2. The molecule has 4 heteroatoms. The number of nitrogens with zero attached hydrogens (tertiary/aromatic N) is 1. The summed E-state index contributed by atoms with van der Waals surface area (Å²) in [6, 6.07) is 14.8. The number of carbonyl (C=O) groups is 1. The van der Waals surface area contributed by atoms with E-state index in [1.807, 2.05) is 25.7 Å². The van der Waals surface area contributed by atoms with Gasteiger partial charge in [0.1, 0.15) is 5.60 Å². The van der Waals surface area contributed by atoms with E-state index in [0.717, 1.165) is 24.9 Å². The highest BCUT2D eigenvalue weighted by Crippen LogP contribution is 2.29. The Morgan fingerprint density at radius 2 is 1.86 bits per heavy atom. The second kappa shape index (κ2) is 8.52. The molecule has 1 amide bonds. The summed E-state index contributed by atoms with van der Waals surface area (Å²) in [6.07, 6.45) is 1.69. The van der Waals surface area contributed by atoms with Gasteiger partial charge in [-0.2, -0.15) is 0 Å². The average molecular weight is 384 g/mol. The first-order valence-corrected chi connectivity index (χ1v) is 10.3. The van der Waals surface area contributed by atoms with Crippen molar-refractivity contribution < 1.29 is 14.3 Å². The van der Waals surface area contributed by atoms with Crippen LogP contribution in [0.3, 0.4) is 0 Å². The summed E-state index contributed by atoms with van der Waals surface area (Å²) in [7, 11) is 0. The summed E-state index contributed by atoms with van der Waals surface area (Å²) in [5.74, 6) is 0.300. The van der Waals surface area contributed by atoms with Crippen molar-refractivity contribution in [2.24, 2.45) is 5.92 Å². The number of amides is 1. The van der Waals surface area contributed by atoms with Crippen molar-refractivity contribution in [3.63, 3.8) is 0 Å². The maximum Gasteiger partial charge on any atom is 0.410 e. The van der Waals surface area contributed by atoms with Crippen LogP contribution >= 0.6 is 0 Å². The average Bonchev–Trinajstić information content (AvgIpc) is 2.64. The molecule has 3 rings (SSSR count). The lowest BCUT2D eigenvalue weighted by atomic mass is 9.90. The molecule has 1 fully saturated rings. The van der Waals surface area contributed by atoms with Crippen LogP contribution in [0.1, 0.15) is 53.0 Å². The summed E-state index contributed by atoms with van der Waals surface area (Å²) >= 11 is 0. The Bertz CT molecular complexity index is 809. The minimum absolute atomic E-state index is 0.0211. The van der Waals surface area contributed by atoms with Crippen LogP contribution in [0.4, 0.5) is 4.79 Å². The molecule has 2 aromatic rings. The molecule has 0 spiro atoms. The lowest BCUT2D eigenvalue weighted by molar-refractivity contribution is -0.0708. The third-order valence-corrected chi connectivity index (χ3v) is 5.22. The summed E-state index contributed by atoms with van der Waals surface area (Å²) in [5, 5.41) is 2.46. The number of hydrogen-bond acceptors (Lipinski definition) is 3. The summed E-state index contributed by atoms with van der Waals surface area (Å²) in [6.45, 7) is 11.3. The van der Waals surface area contributed by atoms with E-state index in [2.05, 4.69) is 56.3 Å². The number of hydrogen-bond donors (Lipinski definition) is 0. The maximum atomic E-state index is 12.7. The first-order valence-electron chi connectivity index (χ1n) is 10.3. The Hall–Kier alpha value is -2.07. The van der Waals surface area contributed by atoms with Crippen molar-refractivity contribution in [1.29, 1.82) is 0 Å². The van der Waals surface area contributed by atoms with Gasteiger partial charge in [0, 0.05) is 6.54 Å². The van der Waals surface area contributed by atoms with Gasteiger partial charge in [-0.1, -0.05) is 50.2 Å². The molecular weight excluding hydrogens is 350 g/mol. The van der Waals surface area contributed by atoms with Crippen molar-refractivity contribution in [3.8, 4) is 0 Å². The summed E-state index contributed by atoms with van der Waals surface area (Å²) < 4.78 is 12.0. The topological polar surface area (TPSA) is 38.8 Å². The zero-order chi connectivity index (χ0) is 20.3. The molecule has 2 aromatic carbocycles. The molecule has 0 N–H and O–H groups in total. The molecule has 2 atom stereocenters. The molecule has 0 bridgehead atoms. The molecule has 0 aromatic heterocycles. The van der Waals surface area contributed by atoms with Crippen LogP contribution in [0, 0.1) is 5.92 Å². The molecule has 0 aliphatic carbocycles. The van der Waals surface area contributed by atoms with Crippen molar-refractivity contribution in [2.45, 2.75) is 71.8 Å². The molecule has 2 unspecified atom stereocenters. The fraction of sp³-hybridized carbons (Fsp3) is 0.542. The van der Waals surface area contributed by atoms with E-state index in [1.54, 1.807) is 0 Å². The quantitative estimate of drug-likeness (QED) is 0.672. The Balaban J connectivity index is 1.71. The van der Waals surface area contributed by atoms with E-state index >= 15 is 0 Å². The fourth-order valence-corrected chi connectivity index (χ4v) is 4.02. The van der Waals surface area contributed by atoms with Gasteiger partial charge in [-0.25, -0.2) is 4.79 Å². The van der Waals surface area contributed by atoms with E-state index in [0.29, 0.717) is 12.5 Å². The van der Waals surface area contributed by atoms with E-state index in [-0.39, 0.29) is 18.2 Å². The monoisotopic (exact) mass is 383 g/mol.